The Morgan fingerprint density at radius 1 is 0.946 bits per heavy atom. The van der Waals surface area contributed by atoms with Crippen LogP contribution in [0.1, 0.15) is 34.0 Å². The Bertz CT molecular complexity index is 1490. The molecule has 4 rings (SSSR count). The van der Waals surface area contributed by atoms with E-state index in [-0.39, 0.29) is 24.3 Å². The number of fused-ring (bicyclic) bond motifs is 1. The van der Waals surface area contributed by atoms with Gasteiger partial charge in [-0.1, -0.05) is 42.0 Å². The molecule has 190 valence electrons. The fraction of sp³-hybridized carbons (Fsp3) is 0.233. The number of aromatic nitrogens is 1. The Kier molecular flexibility index (Phi) is 8.03. The molecule has 0 aliphatic heterocycles. The summed E-state index contributed by atoms with van der Waals surface area (Å²) in [6.45, 7) is 3.75. The maximum absolute atomic E-state index is 13.6. The summed E-state index contributed by atoms with van der Waals surface area (Å²) in [5.41, 5.74) is 3.89. The summed E-state index contributed by atoms with van der Waals surface area (Å²) in [6.07, 6.45) is 1.24. The molecule has 0 radical (unpaired) electrons. The average Bonchev–Trinajstić information content (AvgIpc) is 2.90. The Labute approximate surface area is 215 Å². The van der Waals surface area contributed by atoms with Gasteiger partial charge in [-0.3, -0.25) is 14.2 Å². The third-order valence-corrected chi connectivity index (χ3v) is 6.18. The number of aryl methyl sites for hydroxylation is 3. The number of benzene rings is 3. The molecule has 1 heterocycles. The van der Waals surface area contributed by atoms with Crippen LogP contribution in [-0.2, 0) is 28.9 Å². The number of nitrogens with zero attached hydrogens (tertiary/aromatic N) is 1. The van der Waals surface area contributed by atoms with Crippen LogP contribution in [0.2, 0.25) is 0 Å². The van der Waals surface area contributed by atoms with Gasteiger partial charge >= 0.3 is 5.97 Å². The molecule has 7 nitrogen and oxygen atoms in total. The smallest absolute Gasteiger partial charge is 0.340 e. The second-order valence-electron chi connectivity index (χ2n) is 8.79. The van der Waals surface area contributed by atoms with E-state index in [9.17, 15) is 14.4 Å². The lowest BCUT2D eigenvalue weighted by Crippen LogP contribution is -2.30. The van der Waals surface area contributed by atoms with Crippen LogP contribution >= 0.6 is 0 Å². The minimum Gasteiger partial charge on any atom is -0.497 e. The molecule has 1 amide bonds. The SMILES string of the molecule is CCOC(=O)c1ccccc1NC(=O)Cn1c(=O)c(CCc2ccc(C)cc2)cc2ccc(OC)cc21. The number of anilines is 1. The van der Waals surface area contributed by atoms with Gasteiger partial charge in [-0.15, -0.1) is 0 Å². The van der Waals surface area contributed by atoms with Crippen LogP contribution in [0, 0.1) is 6.92 Å². The number of esters is 1. The van der Waals surface area contributed by atoms with Crippen molar-refractivity contribution in [1.29, 1.82) is 0 Å². The predicted octanol–water partition coefficient (Wildman–Crippen LogP) is 4.92. The second-order valence-corrected chi connectivity index (χ2v) is 8.79. The van der Waals surface area contributed by atoms with E-state index in [4.69, 9.17) is 9.47 Å². The molecular weight excluding hydrogens is 468 g/mol. The van der Waals surface area contributed by atoms with Crippen molar-refractivity contribution in [2.24, 2.45) is 0 Å². The van der Waals surface area contributed by atoms with Crippen LogP contribution in [0.5, 0.6) is 5.75 Å². The standard InChI is InChI=1S/C30H30N2O5/c1-4-37-30(35)25-7-5-6-8-26(25)31-28(33)19-32-27-18-24(36-3)16-15-22(27)17-23(29(32)34)14-13-21-11-9-20(2)10-12-21/h5-12,15-18H,4,13-14,19H2,1-3H3,(H,31,33). The molecule has 0 fully saturated rings. The van der Waals surface area contributed by atoms with Crippen molar-refractivity contribution in [3.63, 3.8) is 0 Å². The first-order chi connectivity index (χ1) is 17.9. The van der Waals surface area contributed by atoms with Gasteiger partial charge in [0.15, 0.2) is 0 Å². The summed E-state index contributed by atoms with van der Waals surface area (Å²) in [7, 11) is 1.55. The molecule has 0 saturated heterocycles. The minimum atomic E-state index is -0.524. The van der Waals surface area contributed by atoms with Crippen LogP contribution < -0.4 is 15.6 Å². The van der Waals surface area contributed by atoms with Gasteiger partial charge in [0.1, 0.15) is 12.3 Å². The molecule has 0 spiro atoms. The largest absolute Gasteiger partial charge is 0.497 e. The number of methoxy groups -OCH3 is 1. The van der Waals surface area contributed by atoms with Gasteiger partial charge in [-0.2, -0.15) is 0 Å². The first kappa shape index (κ1) is 25.7. The molecule has 1 aromatic heterocycles. The zero-order chi connectivity index (χ0) is 26.4. The number of carbonyl (C=O) groups is 2. The fourth-order valence-corrected chi connectivity index (χ4v) is 4.22. The topological polar surface area (TPSA) is 86.6 Å². The van der Waals surface area contributed by atoms with Gasteiger partial charge in [-0.25, -0.2) is 4.79 Å². The zero-order valence-electron chi connectivity index (χ0n) is 21.2. The molecule has 0 unspecified atom stereocenters. The summed E-state index contributed by atoms with van der Waals surface area (Å²) < 4.78 is 11.9. The molecule has 37 heavy (non-hydrogen) atoms. The van der Waals surface area contributed by atoms with Gasteiger partial charge in [0.05, 0.1) is 30.5 Å². The van der Waals surface area contributed by atoms with E-state index >= 15 is 0 Å². The lowest BCUT2D eigenvalue weighted by molar-refractivity contribution is -0.116. The van der Waals surface area contributed by atoms with Crippen LogP contribution in [0.4, 0.5) is 5.69 Å². The van der Waals surface area contributed by atoms with E-state index in [2.05, 4.69) is 29.6 Å². The minimum absolute atomic E-state index is 0.222. The number of hydrogen-bond donors (Lipinski definition) is 1. The normalized spacial score (nSPS) is 10.8. The van der Waals surface area contributed by atoms with Crippen LogP contribution in [0.15, 0.2) is 77.6 Å². The zero-order valence-corrected chi connectivity index (χ0v) is 21.2. The maximum Gasteiger partial charge on any atom is 0.340 e. The van der Waals surface area contributed by atoms with E-state index < -0.39 is 11.9 Å². The van der Waals surface area contributed by atoms with Gasteiger partial charge in [0.25, 0.3) is 5.56 Å². The van der Waals surface area contributed by atoms with Crippen LogP contribution in [0.3, 0.4) is 0 Å². The lowest BCUT2D eigenvalue weighted by Gasteiger charge is -2.15. The van der Waals surface area contributed by atoms with Crippen LogP contribution in [0.25, 0.3) is 10.9 Å². The van der Waals surface area contributed by atoms with Gasteiger partial charge in [0.2, 0.25) is 5.91 Å². The fourth-order valence-electron chi connectivity index (χ4n) is 4.22. The molecule has 1 N–H and O–H groups in total. The highest BCUT2D eigenvalue weighted by Gasteiger charge is 2.17. The highest BCUT2D eigenvalue weighted by molar-refractivity contribution is 6.01. The molecule has 0 bridgehead atoms. The van der Waals surface area contributed by atoms with Crippen LogP contribution in [-0.4, -0.2) is 30.2 Å². The molecular formula is C30H30N2O5. The summed E-state index contributed by atoms with van der Waals surface area (Å²) in [5, 5.41) is 3.60. The summed E-state index contributed by atoms with van der Waals surface area (Å²) in [5.74, 6) is -0.372. The van der Waals surface area contributed by atoms with E-state index in [1.807, 2.05) is 25.1 Å². The van der Waals surface area contributed by atoms with Crippen molar-refractivity contribution in [1.82, 2.24) is 4.57 Å². The molecule has 0 aliphatic rings. The molecule has 0 saturated carbocycles. The molecule has 0 atom stereocenters. The Hall–Kier alpha value is -4.39. The van der Waals surface area contributed by atoms with Gasteiger partial charge in [-0.05, 0) is 68.0 Å². The summed E-state index contributed by atoms with van der Waals surface area (Å²) >= 11 is 0. The number of para-hydroxylation sites is 1. The van der Waals surface area contributed by atoms with Gasteiger partial charge < -0.3 is 14.8 Å². The number of carbonyl (C=O) groups excluding carboxylic acids is 2. The maximum atomic E-state index is 13.6. The molecule has 4 aromatic rings. The van der Waals surface area contributed by atoms with Crippen molar-refractivity contribution < 1.29 is 19.1 Å². The van der Waals surface area contributed by atoms with Crippen molar-refractivity contribution in [3.05, 3.63) is 105 Å². The van der Waals surface area contributed by atoms with Gasteiger partial charge in [0, 0.05) is 11.6 Å². The second kappa shape index (κ2) is 11.6. The molecule has 7 heteroatoms. The average molecular weight is 499 g/mol. The number of amides is 1. The Morgan fingerprint density at radius 3 is 2.43 bits per heavy atom. The first-order valence-electron chi connectivity index (χ1n) is 12.2. The molecule has 3 aromatic carbocycles. The number of ether oxygens (including phenoxy) is 2. The quantitative estimate of drug-likeness (QED) is 0.331. The Morgan fingerprint density at radius 2 is 1.70 bits per heavy atom. The van der Waals surface area contributed by atoms with E-state index in [0.717, 1.165) is 10.9 Å². The van der Waals surface area contributed by atoms with Crippen molar-refractivity contribution in [2.75, 3.05) is 19.0 Å². The molecule has 0 aliphatic carbocycles. The van der Waals surface area contributed by atoms with Crippen molar-refractivity contribution in [3.8, 4) is 5.75 Å². The van der Waals surface area contributed by atoms with E-state index in [0.29, 0.717) is 35.4 Å². The lowest BCUT2D eigenvalue weighted by atomic mass is 10.0. The summed E-state index contributed by atoms with van der Waals surface area (Å²) in [6, 6.07) is 22.2. The highest BCUT2D eigenvalue weighted by Crippen LogP contribution is 2.22. The third kappa shape index (κ3) is 6.06. The monoisotopic (exact) mass is 498 g/mol. The van der Waals surface area contributed by atoms with Crippen molar-refractivity contribution >= 4 is 28.5 Å². The number of hydrogen-bond acceptors (Lipinski definition) is 5. The number of pyridine rings is 1. The highest BCUT2D eigenvalue weighted by atomic mass is 16.5. The number of nitrogens with one attached hydrogen (secondary N) is 1. The Balaban J connectivity index is 1.66. The predicted molar refractivity (Wildman–Crippen MR) is 144 cm³/mol. The third-order valence-electron chi connectivity index (χ3n) is 6.18. The first-order valence-corrected chi connectivity index (χ1v) is 12.2. The van der Waals surface area contributed by atoms with E-state index in [1.54, 1.807) is 44.4 Å². The van der Waals surface area contributed by atoms with E-state index in [1.165, 1.54) is 10.1 Å². The number of rotatable bonds is 9. The van der Waals surface area contributed by atoms with Crippen molar-refractivity contribution in [2.45, 2.75) is 33.2 Å². The summed E-state index contributed by atoms with van der Waals surface area (Å²) in [4.78, 5) is 39.0.